The second kappa shape index (κ2) is 11.1. The smallest absolute Gasteiger partial charge is 0.343 e. The molecule has 0 radical (unpaired) electrons. The fourth-order valence-electron chi connectivity index (χ4n) is 2.71. The lowest BCUT2D eigenvalue weighted by atomic mass is 10.2. The molecule has 0 spiro atoms. The summed E-state index contributed by atoms with van der Waals surface area (Å²) in [6.07, 6.45) is 0. The number of amides is 1. The van der Waals surface area contributed by atoms with Crippen LogP contribution in [-0.4, -0.2) is 30.4 Å². The number of nitrogens with one attached hydrogen (secondary N) is 1. The van der Waals surface area contributed by atoms with Crippen molar-refractivity contribution in [2.75, 3.05) is 6.61 Å². The van der Waals surface area contributed by atoms with Crippen molar-refractivity contribution in [2.45, 2.75) is 6.54 Å². The molecule has 9 heteroatoms. The molecule has 0 unspecified atom stereocenters. The summed E-state index contributed by atoms with van der Waals surface area (Å²) in [5.41, 5.74) is 12.6. The third-order valence-electron chi connectivity index (χ3n) is 4.33. The SMILES string of the molecule is NC(N)=Nc1ccc(C(=O)Oc2ccc(C(=O)OCC(=O)NCc3ccccc3)cc2)cc1. The molecule has 3 rings (SSSR count). The minimum atomic E-state index is -0.668. The molecule has 0 aromatic heterocycles. The van der Waals surface area contributed by atoms with Gasteiger partial charge in [0.2, 0.25) is 0 Å². The summed E-state index contributed by atoms with van der Waals surface area (Å²) in [4.78, 5) is 40.2. The average Bonchev–Trinajstić information content (AvgIpc) is 2.82. The Morgan fingerprint density at radius 1 is 0.788 bits per heavy atom. The van der Waals surface area contributed by atoms with E-state index in [-0.39, 0.29) is 17.3 Å². The zero-order valence-corrected chi connectivity index (χ0v) is 17.6. The van der Waals surface area contributed by atoms with Crippen LogP contribution in [0, 0.1) is 0 Å². The zero-order chi connectivity index (χ0) is 23.6. The van der Waals surface area contributed by atoms with Gasteiger partial charge in [0.05, 0.1) is 16.8 Å². The number of carbonyl (C=O) groups is 3. The lowest BCUT2D eigenvalue weighted by Gasteiger charge is -2.08. The molecular weight excluding hydrogens is 424 g/mol. The number of hydrogen-bond acceptors (Lipinski definition) is 6. The highest BCUT2D eigenvalue weighted by atomic mass is 16.5. The van der Waals surface area contributed by atoms with E-state index < -0.39 is 24.5 Å². The Kier molecular flexibility index (Phi) is 7.74. The average molecular weight is 446 g/mol. The van der Waals surface area contributed by atoms with E-state index in [0.29, 0.717) is 17.8 Å². The van der Waals surface area contributed by atoms with E-state index in [2.05, 4.69) is 10.3 Å². The van der Waals surface area contributed by atoms with Gasteiger partial charge in [-0.05, 0) is 54.1 Å². The Balaban J connectivity index is 1.47. The van der Waals surface area contributed by atoms with Crippen molar-refractivity contribution < 1.29 is 23.9 Å². The molecular formula is C24H22N4O5. The number of guanidine groups is 1. The molecule has 0 aliphatic carbocycles. The maximum absolute atomic E-state index is 12.3. The summed E-state index contributed by atoms with van der Waals surface area (Å²) >= 11 is 0. The molecule has 0 saturated carbocycles. The first-order valence-corrected chi connectivity index (χ1v) is 9.90. The van der Waals surface area contributed by atoms with Gasteiger partial charge in [0.1, 0.15) is 5.75 Å². The van der Waals surface area contributed by atoms with Gasteiger partial charge in [-0.3, -0.25) is 4.79 Å². The molecule has 9 nitrogen and oxygen atoms in total. The first-order chi connectivity index (χ1) is 15.9. The number of hydrogen-bond donors (Lipinski definition) is 3. The number of benzene rings is 3. The second-order valence-corrected chi connectivity index (χ2v) is 6.84. The van der Waals surface area contributed by atoms with Crippen LogP contribution in [0.5, 0.6) is 5.75 Å². The quantitative estimate of drug-likeness (QED) is 0.208. The number of carbonyl (C=O) groups excluding carboxylic acids is 3. The standard InChI is InChI=1S/C24H22N4O5/c25-24(26)28-19-10-6-18(7-11-19)23(31)33-20-12-8-17(9-13-20)22(30)32-15-21(29)27-14-16-4-2-1-3-5-16/h1-13H,14-15H2,(H,27,29)(H4,25,26,28). The summed E-state index contributed by atoms with van der Waals surface area (Å²) in [7, 11) is 0. The van der Waals surface area contributed by atoms with E-state index in [4.69, 9.17) is 20.9 Å². The third kappa shape index (κ3) is 7.21. The molecule has 3 aromatic rings. The highest BCUT2D eigenvalue weighted by Gasteiger charge is 2.12. The molecule has 0 saturated heterocycles. The fraction of sp³-hybridized carbons (Fsp3) is 0.0833. The van der Waals surface area contributed by atoms with Crippen LogP contribution >= 0.6 is 0 Å². The van der Waals surface area contributed by atoms with Crippen LogP contribution in [0.4, 0.5) is 5.69 Å². The van der Waals surface area contributed by atoms with Gasteiger partial charge in [0.15, 0.2) is 12.6 Å². The normalized spacial score (nSPS) is 10.1. The first-order valence-electron chi connectivity index (χ1n) is 9.90. The van der Waals surface area contributed by atoms with Crippen LogP contribution in [0.25, 0.3) is 0 Å². The largest absolute Gasteiger partial charge is 0.452 e. The Morgan fingerprint density at radius 3 is 2.03 bits per heavy atom. The van der Waals surface area contributed by atoms with Crippen LogP contribution < -0.4 is 21.5 Å². The van der Waals surface area contributed by atoms with Crippen molar-refractivity contribution >= 4 is 29.5 Å². The first kappa shape index (κ1) is 23.0. The molecule has 0 aliphatic heterocycles. The molecule has 0 fully saturated rings. The van der Waals surface area contributed by atoms with E-state index in [0.717, 1.165) is 5.56 Å². The molecule has 1 amide bonds. The van der Waals surface area contributed by atoms with Crippen LogP contribution in [0.1, 0.15) is 26.3 Å². The van der Waals surface area contributed by atoms with Crippen LogP contribution in [0.2, 0.25) is 0 Å². The highest BCUT2D eigenvalue weighted by molar-refractivity contribution is 5.93. The number of esters is 2. The summed E-state index contributed by atoms with van der Waals surface area (Å²) < 4.78 is 10.3. The van der Waals surface area contributed by atoms with E-state index in [9.17, 15) is 14.4 Å². The Hall–Kier alpha value is -4.66. The monoisotopic (exact) mass is 446 g/mol. The molecule has 5 N–H and O–H groups in total. The lowest BCUT2D eigenvalue weighted by Crippen LogP contribution is -2.28. The van der Waals surface area contributed by atoms with Gasteiger partial charge in [-0.1, -0.05) is 30.3 Å². The van der Waals surface area contributed by atoms with Gasteiger partial charge < -0.3 is 26.3 Å². The minimum absolute atomic E-state index is 0.0863. The number of nitrogens with zero attached hydrogens (tertiary/aromatic N) is 1. The van der Waals surface area contributed by atoms with Gasteiger partial charge in [0.25, 0.3) is 5.91 Å². The van der Waals surface area contributed by atoms with Crippen LogP contribution in [-0.2, 0) is 16.1 Å². The van der Waals surface area contributed by atoms with Gasteiger partial charge in [-0.15, -0.1) is 0 Å². The van der Waals surface area contributed by atoms with E-state index in [1.165, 1.54) is 36.4 Å². The molecule has 0 heterocycles. The number of ether oxygens (including phenoxy) is 2. The molecule has 168 valence electrons. The molecule has 33 heavy (non-hydrogen) atoms. The lowest BCUT2D eigenvalue weighted by molar-refractivity contribution is -0.124. The van der Waals surface area contributed by atoms with Crippen LogP contribution in [0.3, 0.4) is 0 Å². The minimum Gasteiger partial charge on any atom is -0.452 e. The zero-order valence-electron chi connectivity index (χ0n) is 17.6. The maximum Gasteiger partial charge on any atom is 0.343 e. The van der Waals surface area contributed by atoms with Crippen molar-refractivity contribution in [1.29, 1.82) is 0 Å². The summed E-state index contributed by atoms with van der Waals surface area (Å²) in [5, 5.41) is 2.67. The summed E-state index contributed by atoms with van der Waals surface area (Å²) in [6, 6.07) is 21.4. The Morgan fingerprint density at radius 2 is 1.39 bits per heavy atom. The maximum atomic E-state index is 12.3. The van der Waals surface area contributed by atoms with Crippen molar-refractivity contribution in [3.63, 3.8) is 0 Å². The summed E-state index contributed by atoms with van der Waals surface area (Å²) in [5.74, 6) is -1.51. The molecule has 3 aromatic carbocycles. The van der Waals surface area contributed by atoms with Crippen molar-refractivity contribution in [3.05, 3.63) is 95.6 Å². The topological polar surface area (TPSA) is 146 Å². The number of aliphatic imine (C=N–C) groups is 1. The van der Waals surface area contributed by atoms with Crippen molar-refractivity contribution in [1.82, 2.24) is 5.32 Å². The Bertz CT molecular complexity index is 1140. The summed E-state index contributed by atoms with van der Waals surface area (Å²) in [6.45, 7) is -0.0629. The van der Waals surface area contributed by atoms with E-state index in [1.807, 2.05) is 30.3 Å². The van der Waals surface area contributed by atoms with E-state index >= 15 is 0 Å². The fourth-order valence-corrected chi connectivity index (χ4v) is 2.71. The molecule has 0 aliphatic rings. The number of rotatable bonds is 8. The van der Waals surface area contributed by atoms with Gasteiger partial charge >= 0.3 is 11.9 Å². The van der Waals surface area contributed by atoms with Crippen LogP contribution in [0.15, 0.2) is 83.9 Å². The Labute approximate surface area is 190 Å². The third-order valence-corrected chi connectivity index (χ3v) is 4.33. The van der Waals surface area contributed by atoms with E-state index in [1.54, 1.807) is 12.1 Å². The highest BCUT2D eigenvalue weighted by Crippen LogP contribution is 2.17. The van der Waals surface area contributed by atoms with Crippen molar-refractivity contribution in [3.8, 4) is 5.75 Å². The van der Waals surface area contributed by atoms with Gasteiger partial charge in [0, 0.05) is 6.54 Å². The number of nitrogens with two attached hydrogens (primary N) is 2. The predicted octanol–water partition coefficient (Wildman–Crippen LogP) is 2.28. The predicted molar refractivity (Wildman–Crippen MR) is 122 cm³/mol. The van der Waals surface area contributed by atoms with Crippen molar-refractivity contribution in [2.24, 2.45) is 16.5 Å². The molecule has 0 atom stereocenters. The van der Waals surface area contributed by atoms with Gasteiger partial charge in [-0.2, -0.15) is 0 Å². The van der Waals surface area contributed by atoms with Gasteiger partial charge in [-0.25, -0.2) is 14.6 Å². The second-order valence-electron chi connectivity index (χ2n) is 6.84. The molecule has 0 bridgehead atoms.